The van der Waals surface area contributed by atoms with Crippen molar-refractivity contribution in [3.05, 3.63) is 41.5 Å². The molecular weight excluding hydrogens is 172 g/mol. The van der Waals surface area contributed by atoms with Crippen molar-refractivity contribution in [2.75, 3.05) is 0 Å². The Balaban J connectivity index is 2.51. The summed E-state index contributed by atoms with van der Waals surface area (Å²) in [5.41, 5.74) is 2.51. The van der Waals surface area contributed by atoms with Crippen LogP contribution in [0.25, 0.3) is 10.8 Å². The van der Waals surface area contributed by atoms with E-state index >= 15 is 0 Å². The molecule has 1 nitrogen and oxygen atoms in total. The zero-order valence-electron chi connectivity index (χ0n) is 8.12. The summed E-state index contributed by atoms with van der Waals surface area (Å²) in [6.45, 7) is 2.22. The van der Waals surface area contributed by atoms with Gasteiger partial charge in [0.2, 0.25) is 0 Å². The second kappa shape index (κ2) is 2.50. The topological polar surface area (TPSA) is 20.2 Å². The summed E-state index contributed by atoms with van der Waals surface area (Å²) in [5.74, 6) is 0.997. The maximum absolute atomic E-state index is 9.76. The highest BCUT2D eigenvalue weighted by Gasteiger charge is 2.22. The van der Waals surface area contributed by atoms with Crippen LogP contribution in [0.5, 0.6) is 5.75 Å². The predicted molar refractivity (Wildman–Crippen MR) is 57.7 cm³/mol. The van der Waals surface area contributed by atoms with Gasteiger partial charge < -0.3 is 5.11 Å². The Bertz CT molecular complexity index is 514. The fourth-order valence-corrected chi connectivity index (χ4v) is 2.51. The lowest BCUT2D eigenvalue weighted by Crippen LogP contribution is -1.87. The highest BCUT2D eigenvalue weighted by molar-refractivity contribution is 5.93. The molecule has 70 valence electrons. The molecule has 1 unspecified atom stereocenters. The fraction of sp³-hybridized carbons (Fsp3) is 0.231. The van der Waals surface area contributed by atoms with Crippen molar-refractivity contribution >= 4 is 10.8 Å². The van der Waals surface area contributed by atoms with E-state index < -0.39 is 0 Å². The molecule has 0 aliphatic heterocycles. The fourth-order valence-electron chi connectivity index (χ4n) is 2.51. The molecule has 1 aliphatic rings. The number of rotatable bonds is 0. The molecule has 3 rings (SSSR count). The molecule has 0 spiro atoms. The van der Waals surface area contributed by atoms with E-state index in [2.05, 4.69) is 25.1 Å². The van der Waals surface area contributed by atoms with E-state index in [0.29, 0.717) is 11.7 Å². The van der Waals surface area contributed by atoms with Crippen LogP contribution >= 0.6 is 0 Å². The summed E-state index contributed by atoms with van der Waals surface area (Å²) in [4.78, 5) is 0. The second-order valence-electron chi connectivity index (χ2n) is 4.11. The van der Waals surface area contributed by atoms with E-state index in [1.807, 2.05) is 6.07 Å². The van der Waals surface area contributed by atoms with E-state index in [0.717, 1.165) is 12.0 Å². The maximum Gasteiger partial charge on any atom is 0.119 e. The summed E-state index contributed by atoms with van der Waals surface area (Å²) in [5, 5.41) is 12.3. The van der Waals surface area contributed by atoms with Crippen LogP contribution in [0.1, 0.15) is 24.0 Å². The normalized spacial score (nSPS) is 19.1. The van der Waals surface area contributed by atoms with Gasteiger partial charge in [-0.05, 0) is 34.7 Å². The lowest BCUT2D eigenvalue weighted by atomic mass is 10.0. The van der Waals surface area contributed by atoms with Crippen LogP contribution in [0.4, 0.5) is 0 Å². The standard InChI is InChI=1S/C13H12O/c1-8-7-11-12(14)6-5-9-3-2-4-10(8)13(9)11/h2-6,8,14H,7H2,1H3. The highest BCUT2D eigenvalue weighted by Crippen LogP contribution is 2.41. The van der Waals surface area contributed by atoms with Crippen LogP contribution in [0.15, 0.2) is 30.3 Å². The van der Waals surface area contributed by atoms with Gasteiger partial charge in [-0.15, -0.1) is 0 Å². The third kappa shape index (κ3) is 0.844. The number of phenolic OH excluding ortho intramolecular Hbond substituents is 1. The molecule has 1 heteroatoms. The number of benzene rings is 2. The van der Waals surface area contributed by atoms with E-state index in [4.69, 9.17) is 0 Å². The van der Waals surface area contributed by atoms with Gasteiger partial charge in [-0.1, -0.05) is 31.2 Å². The van der Waals surface area contributed by atoms with E-state index in [-0.39, 0.29) is 0 Å². The van der Waals surface area contributed by atoms with Crippen molar-refractivity contribution in [3.63, 3.8) is 0 Å². The van der Waals surface area contributed by atoms with Gasteiger partial charge in [0.15, 0.2) is 0 Å². The molecule has 14 heavy (non-hydrogen) atoms. The van der Waals surface area contributed by atoms with Crippen LogP contribution in [-0.2, 0) is 6.42 Å². The molecule has 0 amide bonds. The molecule has 0 radical (unpaired) electrons. The van der Waals surface area contributed by atoms with Crippen molar-refractivity contribution in [1.82, 2.24) is 0 Å². The molecular formula is C13H12O. The first kappa shape index (κ1) is 7.86. The summed E-state index contributed by atoms with van der Waals surface area (Å²) in [7, 11) is 0. The maximum atomic E-state index is 9.76. The molecule has 0 saturated carbocycles. The Morgan fingerprint density at radius 3 is 2.93 bits per heavy atom. The van der Waals surface area contributed by atoms with Crippen LogP contribution < -0.4 is 0 Å². The summed E-state index contributed by atoms with van der Waals surface area (Å²) in [6.07, 6.45) is 0.975. The second-order valence-corrected chi connectivity index (χ2v) is 4.11. The molecule has 1 aliphatic carbocycles. The number of phenols is 1. The van der Waals surface area contributed by atoms with E-state index in [1.54, 1.807) is 6.07 Å². The van der Waals surface area contributed by atoms with Crippen molar-refractivity contribution in [1.29, 1.82) is 0 Å². The predicted octanol–water partition coefficient (Wildman–Crippen LogP) is 3.21. The average molecular weight is 184 g/mol. The molecule has 1 atom stereocenters. The van der Waals surface area contributed by atoms with Crippen molar-refractivity contribution in [2.24, 2.45) is 0 Å². The summed E-state index contributed by atoms with van der Waals surface area (Å²) < 4.78 is 0. The van der Waals surface area contributed by atoms with Gasteiger partial charge in [0.1, 0.15) is 5.75 Å². The monoisotopic (exact) mass is 184 g/mol. The van der Waals surface area contributed by atoms with Crippen LogP contribution in [0.3, 0.4) is 0 Å². The molecule has 2 aromatic carbocycles. The van der Waals surface area contributed by atoms with Crippen molar-refractivity contribution < 1.29 is 5.11 Å². The van der Waals surface area contributed by atoms with Gasteiger partial charge in [-0.3, -0.25) is 0 Å². The molecule has 0 bridgehead atoms. The number of aromatic hydroxyl groups is 1. The largest absolute Gasteiger partial charge is 0.508 e. The van der Waals surface area contributed by atoms with Gasteiger partial charge in [0.25, 0.3) is 0 Å². The Morgan fingerprint density at radius 2 is 2.07 bits per heavy atom. The Kier molecular flexibility index (Phi) is 1.41. The van der Waals surface area contributed by atoms with Crippen molar-refractivity contribution in [3.8, 4) is 5.75 Å². The van der Waals surface area contributed by atoms with Crippen LogP contribution in [0, 0.1) is 0 Å². The first-order valence-corrected chi connectivity index (χ1v) is 5.01. The number of hydrogen-bond acceptors (Lipinski definition) is 1. The van der Waals surface area contributed by atoms with Gasteiger partial charge in [0, 0.05) is 5.56 Å². The van der Waals surface area contributed by atoms with Gasteiger partial charge in [-0.25, -0.2) is 0 Å². The lowest BCUT2D eigenvalue weighted by molar-refractivity contribution is 0.469. The molecule has 0 heterocycles. The minimum absolute atomic E-state index is 0.453. The SMILES string of the molecule is CC1Cc2c(O)ccc3cccc1c23. The molecule has 0 fully saturated rings. The van der Waals surface area contributed by atoms with E-state index in [1.165, 1.54) is 16.3 Å². The van der Waals surface area contributed by atoms with Gasteiger partial charge in [-0.2, -0.15) is 0 Å². The molecule has 1 N–H and O–H groups in total. The molecule has 0 saturated heterocycles. The summed E-state index contributed by atoms with van der Waals surface area (Å²) in [6, 6.07) is 10.2. The zero-order valence-corrected chi connectivity index (χ0v) is 8.12. The average Bonchev–Trinajstić information content (AvgIpc) is 2.53. The third-order valence-corrected chi connectivity index (χ3v) is 3.20. The molecule has 0 aromatic heterocycles. The van der Waals surface area contributed by atoms with Crippen molar-refractivity contribution in [2.45, 2.75) is 19.3 Å². The zero-order chi connectivity index (χ0) is 9.71. The Morgan fingerprint density at radius 1 is 1.21 bits per heavy atom. The van der Waals surface area contributed by atoms with Gasteiger partial charge in [0.05, 0.1) is 0 Å². The minimum atomic E-state index is 0.453. The molecule has 2 aromatic rings. The quantitative estimate of drug-likeness (QED) is 0.666. The van der Waals surface area contributed by atoms with Crippen LogP contribution in [0.2, 0.25) is 0 Å². The number of hydrogen-bond donors (Lipinski definition) is 1. The smallest absolute Gasteiger partial charge is 0.119 e. The minimum Gasteiger partial charge on any atom is -0.508 e. The lowest BCUT2D eigenvalue weighted by Gasteiger charge is -2.03. The van der Waals surface area contributed by atoms with E-state index in [9.17, 15) is 5.11 Å². The first-order valence-electron chi connectivity index (χ1n) is 5.01. The Labute approximate surface area is 83.0 Å². The Hall–Kier alpha value is -1.50. The highest BCUT2D eigenvalue weighted by atomic mass is 16.3. The van der Waals surface area contributed by atoms with Crippen LogP contribution in [-0.4, -0.2) is 5.11 Å². The summed E-state index contributed by atoms with van der Waals surface area (Å²) >= 11 is 0. The first-order chi connectivity index (χ1) is 6.77. The third-order valence-electron chi connectivity index (χ3n) is 3.20. The van der Waals surface area contributed by atoms with Gasteiger partial charge >= 0.3 is 0 Å².